The van der Waals surface area contributed by atoms with Crippen LogP contribution in [0.1, 0.15) is 109 Å². The van der Waals surface area contributed by atoms with Crippen molar-refractivity contribution >= 4 is 46.4 Å². The molecule has 0 saturated carbocycles. The summed E-state index contributed by atoms with van der Waals surface area (Å²) in [5.41, 5.74) is 20.2. The summed E-state index contributed by atoms with van der Waals surface area (Å²) in [5, 5.41) is 66.4. The average Bonchev–Trinajstić information content (AvgIpc) is 1.63. The van der Waals surface area contributed by atoms with Crippen molar-refractivity contribution in [3.63, 3.8) is 0 Å². The van der Waals surface area contributed by atoms with Crippen LogP contribution in [0, 0.1) is 44.0 Å². The van der Waals surface area contributed by atoms with Gasteiger partial charge in [0.05, 0.1) is 121 Å². The summed E-state index contributed by atoms with van der Waals surface area (Å²) in [6.45, 7) is 10.2. The molecule has 2 atom stereocenters. The molecule has 4 aliphatic rings. The lowest BCUT2D eigenvalue weighted by Gasteiger charge is -2.13. The lowest BCUT2D eigenvalue weighted by atomic mass is 10.0. The number of hydrogen-bond donors (Lipinski definition) is 8. The number of aromatic nitrogens is 19. The van der Waals surface area contributed by atoms with Crippen molar-refractivity contribution in [2.24, 2.45) is 21.1 Å². The number of nitrogens with one attached hydrogen (secondary N) is 4. The van der Waals surface area contributed by atoms with E-state index in [1.165, 1.54) is 24.3 Å². The molecule has 17 aromatic rings. The van der Waals surface area contributed by atoms with Crippen molar-refractivity contribution in [2.45, 2.75) is 105 Å². The van der Waals surface area contributed by atoms with Crippen molar-refractivity contribution in [1.82, 2.24) is 91.8 Å². The van der Waals surface area contributed by atoms with Crippen LogP contribution in [0.15, 0.2) is 165 Å². The quantitative estimate of drug-likeness (QED) is 0.0292. The normalized spacial score (nSPS) is 13.3. The fourth-order valence-corrected chi connectivity index (χ4v) is 16.6. The zero-order chi connectivity index (χ0) is 88.7. The van der Waals surface area contributed by atoms with E-state index in [4.69, 9.17) is 28.7 Å². The molecule has 0 saturated heterocycles. The Morgan fingerprint density at radius 2 is 0.812 bits per heavy atom. The van der Waals surface area contributed by atoms with E-state index in [0.717, 1.165) is 113 Å². The third-order valence-corrected chi connectivity index (χ3v) is 22.9. The number of rotatable bonds is 22. The van der Waals surface area contributed by atoms with Gasteiger partial charge in [0, 0.05) is 196 Å². The first kappa shape index (κ1) is 84.0. The van der Waals surface area contributed by atoms with Crippen LogP contribution in [-0.4, -0.2) is 146 Å². The van der Waals surface area contributed by atoms with Crippen molar-refractivity contribution in [1.29, 1.82) is 0 Å². The summed E-state index contributed by atoms with van der Waals surface area (Å²) >= 11 is 0. The van der Waals surface area contributed by atoms with Gasteiger partial charge in [0.25, 0.3) is 0 Å². The third kappa shape index (κ3) is 16.5. The average molecular weight is 1740 g/mol. The zero-order valence-electron chi connectivity index (χ0n) is 71.0. The number of aliphatic hydroxyl groups is 4. The minimum atomic E-state index is -0.910. The molecule has 0 amide bonds. The van der Waals surface area contributed by atoms with Crippen molar-refractivity contribution in [3.05, 3.63) is 278 Å². The molecule has 0 radical (unpaired) electrons. The smallest absolute Gasteiger partial charge is 0.213 e. The molecule has 16 heterocycles. The lowest BCUT2D eigenvalue weighted by Crippen LogP contribution is -2.10. The topological polar surface area (TPSA) is 362 Å². The second kappa shape index (κ2) is 35.6. The Labute approximate surface area is 729 Å². The number of nitrogens with zero attached hydrogens (tertiary/aromatic N) is 19. The fourth-order valence-electron chi connectivity index (χ4n) is 16.6. The number of aliphatic hydroxyl groups excluding tert-OH is 4. The maximum atomic E-state index is 14.7. The number of ether oxygens (including phenoxy) is 5. The van der Waals surface area contributed by atoms with Crippen LogP contribution in [0.2, 0.25) is 0 Å². The molecule has 5 aromatic carbocycles. The van der Waals surface area contributed by atoms with E-state index in [2.05, 4.69) is 76.4 Å². The number of fused-ring (bicyclic) bond motifs is 8. The van der Waals surface area contributed by atoms with Gasteiger partial charge in [0.1, 0.15) is 58.0 Å². The number of aryl methyl sites for hydroxylation is 6. The number of methoxy groups -OCH3 is 1. The Hall–Kier alpha value is -14.9. The second-order valence-electron chi connectivity index (χ2n) is 31.1. The predicted molar refractivity (Wildman–Crippen MR) is 467 cm³/mol. The molecule has 128 heavy (non-hydrogen) atoms. The van der Waals surface area contributed by atoms with Crippen LogP contribution in [0.5, 0.6) is 28.9 Å². The van der Waals surface area contributed by atoms with Gasteiger partial charge in [-0.15, -0.1) is 0 Å². The molecule has 0 fully saturated rings. The molecule has 2 unspecified atom stereocenters. The SMILES string of the molecule is COc1ccc(-c2cnc(NCc3c(F)ccc4c3CCO4)n3cc(CO)nc23)c(C)n1.Cc1cc(-c2cnc(NCc3c(F)ccc4c3CCO4)n3cc(C(C)O)nc23)n(C)n1.Cc1cc(-c2cnc(NCc3c(F)ccc4c3CCO4)n3cc(C(O)c4ccccc4)nc23)n(C)n1.Cn1nccc1-c1cnc(NCc2c(F)ccc3c2CCO3)n2cc(CO)nc12. The van der Waals surface area contributed by atoms with Gasteiger partial charge < -0.3 is 65.4 Å². The summed E-state index contributed by atoms with van der Waals surface area (Å²) in [4.78, 5) is 41.3. The molecule has 0 spiro atoms. The fraction of sp³-hybridized carbons (Fsp3) is 0.261. The van der Waals surface area contributed by atoms with Crippen molar-refractivity contribution in [3.8, 4) is 73.8 Å². The number of imidazole rings is 4. The van der Waals surface area contributed by atoms with Crippen LogP contribution in [-0.2, 0) is 86.2 Å². The van der Waals surface area contributed by atoms with E-state index in [-0.39, 0.29) is 62.7 Å². The predicted octanol–water partition coefficient (Wildman–Crippen LogP) is 13.0. The number of halogens is 4. The van der Waals surface area contributed by atoms with Crippen LogP contribution >= 0.6 is 0 Å². The molecular formula is C92H89F4N23O9. The van der Waals surface area contributed by atoms with Gasteiger partial charge in [-0.25, -0.2) is 62.4 Å². The molecule has 32 nitrogen and oxygen atoms in total. The van der Waals surface area contributed by atoms with Crippen molar-refractivity contribution < 1.29 is 61.7 Å². The Balaban J connectivity index is 0.000000116. The molecule has 21 rings (SSSR count). The van der Waals surface area contributed by atoms with Gasteiger partial charge in [-0.1, -0.05) is 30.3 Å². The highest BCUT2D eigenvalue weighted by atomic mass is 19.1. The molecule has 0 aliphatic carbocycles. The molecule has 36 heteroatoms. The minimum absolute atomic E-state index is 0.190. The van der Waals surface area contributed by atoms with E-state index < -0.39 is 12.2 Å². The van der Waals surface area contributed by atoms with Crippen LogP contribution in [0.3, 0.4) is 0 Å². The first-order valence-electron chi connectivity index (χ1n) is 41.5. The van der Waals surface area contributed by atoms with E-state index in [1.54, 1.807) is 132 Å². The highest BCUT2D eigenvalue weighted by molar-refractivity contribution is 5.81. The number of hydrogen-bond acceptors (Lipinski definition) is 25. The molecule has 12 aromatic heterocycles. The summed E-state index contributed by atoms with van der Waals surface area (Å²) < 4.78 is 98.1. The van der Waals surface area contributed by atoms with Gasteiger partial charge in [0.15, 0.2) is 16.9 Å². The lowest BCUT2D eigenvalue weighted by molar-refractivity contribution is 0.195. The molecular weight excluding hydrogens is 1650 g/mol. The van der Waals surface area contributed by atoms with Gasteiger partial charge in [-0.2, -0.15) is 15.3 Å². The number of anilines is 4. The van der Waals surface area contributed by atoms with E-state index in [0.29, 0.717) is 149 Å². The first-order chi connectivity index (χ1) is 62.1. The van der Waals surface area contributed by atoms with Crippen LogP contribution in [0.4, 0.5) is 41.4 Å². The molecule has 8 N–H and O–H groups in total. The monoisotopic (exact) mass is 1740 g/mol. The maximum Gasteiger partial charge on any atom is 0.213 e. The molecule has 0 bridgehead atoms. The standard InChI is InChI=1S/C27H25FN6O2.C23H22FN5O3.C22H23FN6O2.C20H19FN6O2/c1-16-12-23(33(2)32-16)20-14-30-27(29-13-19-18-10-11-36-24(18)9-8-21(19)28)34-15-22(31-26(20)34)25(35)17-6-4-3-5-7-17;1-13-15(3-6-21(27-13)31-2)18-10-26-23(29-11-14(12-30)28-22(18)29)25-9-17-16-7-8-32-20(16)5-4-19(17)24;1-12-8-19(28(3)27-12)16-10-25-22(29-11-18(13(2)30)26-21(16)29)24-9-15-14-6-7-31-20(14)5-4-17(15)23;1-26-17(4-6-24-26)15-9-23-20(27-10-12(11-28)25-19(15)27)22-8-14-13-5-7-29-18(13)3-2-16(14)21/h3-9,12,14-15,25,35H,10-11,13H2,1-2H3,(H,29,30);3-6,10-11,30H,7-9,12H2,1-2H3,(H,25,26);4-5,8,10-11,13,30H,6-7,9H2,1-3H3,(H,24,25);2-4,6,9-10,28H,5,7-8,11H2,1H3,(H,22,23). The zero-order valence-corrected chi connectivity index (χ0v) is 71.0. The summed E-state index contributed by atoms with van der Waals surface area (Å²) in [6, 6.07) is 31.3. The minimum Gasteiger partial charge on any atom is -0.493 e. The van der Waals surface area contributed by atoms with Gasteiger partial charge in [0.2, 0.25) is 29.7 Å². The first-order valence-corrected chi connectivity index (χ1v) is 41.5. The highest BCUT2D eigenvalue weighted by Gasteiger charge is 2.29. The Morgan fingerprint density at radius 3 is 1.19 bits per heavy atom. The third-order valence-electron chi connectivity index (χ3n) is 22.9. The molecule has 654 valence electrons. The van der Waals surface area contributed by atoms with E-state index in [9.17, 15) is 38.0 Å². The molecule has 4 aliphatic heterocycles. The Bertz CT molecular complexity index is 7060. The maximum absolute atomic E-state index is 14.7. The number of benzene rings is 5. The number of pyridine rings is 1. The Morgan fingerprint density at radius 1 is 0.430 bits per heavy atom. The van der Waals surface area contributed by atoms with E-state index >= 15 is 0 Å². The summed E-state index contributed by atoms with van der Waals surface area (Å²) in [7, 11) is 7.15. The largest absolute Gasteiger partial charge is 0.493 e. The summed E-state index contributed by atoms with van der Waals surface area (Å²) in [6.07, 6.45) is 16.6. The highest BCUT2D eigenvalue weighted by Crippen LogP contribution is 2.39. The van der Waals surface area contributed by atoms with Crippen LogP contribution in [0.25, 0.3) is 67.5 Å². The van der Waals surface area contributed by atoms with Gasteiger partial charge in [-0.05, 0) is 106 Å². The Kier molecular flexibility index (Phi) is 23.4. The second-order valence-corrected chi connectivity index (χ2v) is 31.1. The van der Waals surface area contributed by atoms with E-state index in [1.807, 2.05) is 96.5 Å². The van der Waals surface area contributed by atoms with Gasteiger partial charge in [-0.3, -0.25) is 31.6 Å². The van der Waals surface area contributed by atoms with Gasteiger partial charge >= 0.3 is 0 Å². The summed E-state index contributed by atoms with van der Waals surface area (Å²) in [5.74, 6) is 4.33. The van der Waals surface area contributed by atoms with Crippen LogP contribution < -0.4 is 45.0 Å². The van der Waals surface area contributed by atoms with Crippen molar-refractivity contribution in [2.75, 3.05) is 54.8 Å².